The fourth-order valence-corrected chi connectivity index (χ4v) is 3.09. The van der Waals surface area contributed by atoms with Crippen molar-refractivity contribution in [3.05, 3.63) is 64.6 Å². The molecule has 4 rings (SSSR count). The zero-order valence-corrected chi connectivity index (χ0v) is 15.4. The number of carboxylic acids is 1. The van der Waals surface area contributed by atoms with Crippen molar-refractivity contribution in [1.82, 2.24) is 15.3 Å². The number of nitrogens with zero attached hydrogens (tertiary/aromatic N) is 2. The Morgan fingerprint density at radius 1 is 1.14 bits per heavy atom. The van der Waals surface area contributed by atoms with E-state index in [0.717, 1.165) is 34.2 Å². The molecule has 0 fully saturated rings. The van der Waals surface area contributed by atoms with E-state index in [0.29, 0.717) is 29.5 Å². The van der Waals surface area contributed by atoms with Gasteiger partial charge in [0.2, 0.25) is 6.79 Å². The van der Waals surface area contributed by atoms with Crippen molar-refractivity contribution in [2.24, 2.45) is 0 Å². The first-order chi connectivity index (χ1) is 13.6. The molecule has 2 heterocycles. The van der Waals surface area contributed by atoms with Crippen LogP contribution in [0, 0.1) is 0 Å². The van der Waals surface area contributed by atoms with E-state index in [2.05, 4.69) is 15.3 Å². The fraction of sp³-hybridized carbons (Fsp3) is 0.150. The molecule has 8 heteroatoms. The smallest absolute Gasteiger partial charge is 0.328 e. The van der Waals surface area contributed by atoms with Gasteiger partial charge in [-0.3, -0.25) is 0 Å². The van der Waals surface area contributed by atoms with E-state index >= 15 is 0 Å². The third kappa shape index (κ3) is 4.05. The first kappa shape index (κ1) is 18.2. The van der Waals surface area contributed by atoms with Crippen LogP contribution in [0.3, 0.4) is 0 Å². The third-order valence-corrected chi connectivity index (χ3v) is 4.42. The van der Waals surface area contributed by atoms with E-state index in [-0.39, 0.29) is 6.79 Å². The van der Waals surface area contributed by atoms with Gasteiger partial charge in [-0.15, -0.1) is 0 Å². The third-order valence-electron chi connectivity index (χ3n) is 4.19. The van der Waals surface area contributed by atoms with E-state index in [4.69, 9.17) is 26.2 Å². The largest absolute Gasteiger partial charge is 0.478 e. The monoisotopic (exact) mass is 397 g/mol. The summed E-state index contributed by atoms with van der Waals surface area (Å²) in [6, 6.07) is 11.1. The number of aliphatic carboxylic acids is 1. The highest BCUT2D eigenvalue weighted by atomic mass is 35.5. The van der Waals surface area contributed by atoms with Gasteiger partial charge in [-0.1, -0.05) is 17.7 Å². The molecular weight excluding hydrogens is 382 g/mol. The van der Waals surface area contributed by atoms with Crippen molar-refractivity contribution < 1.29 is 19.4 Å². The number of hydrogen-bond donors (Lipinski definition) is 2. The molecule has 1 aliphatic heterocycles. The van der Waals surface area contributed by atoms with Gasteiger partial charge in [0.05, 0.1) is 11.2 Å². The summed E-state index contributed by atoms with van der Waals surface area (Å²) < 4.78 is 10.7. The fourth-order valence-electron chi connectivity index (χ4n) is 2.92. The average molecular weight is 398 g/mol. The van der Waals surface area contributed by atoms with Crippen LogP contribution < -0.4 is 14.8 Å². The summed E-state index contributed by atoms with van der Waals surface area (Å²) in [4.78, 5) is 19.6. The van der Waals surface area contributed by atoms with Crippen molar-refractivity contribution in [1.29, 1.82) is 0 Å². The molecule has 0 unspecified atom stereocenters. The van der Waals surface area contributed by atoms with Gasteiger partial charge in [-0.2, -0.15) is 0 Å². The van der Waals surface area contributed by atoms with Crippen molar-refractivity contribution >= 4 is 34.5 Å². The molecule has 0 amide bonds. The minimum Gasteiger partial charge on any atom is -0.478 e. The van der Waals surface area contributed by atoms with Gasteiger partial charge in [-0.05, 0) is 42.0 Å². The molecular formula is C20H16ClN3O4. The lowest BCUT2D eigenvalue weighted by atomic mass is 10.1. The van der Waals surface area contributed by atoms with Crippen LogP contribution >= 0.6 is 11.6 Å². The van der Waals surface area contributed by atoms with E-state index in [1.165, 1.54) is 6.08 Å². The molecule has 0 atom stereocenters. The van der Waals surface area contributed by atoms with Crippen molar-refractivity contribution in [3.8, 4) is 11.5 Å². The molecule has 142 valence electrons. The number of halogens is 1. The second-order valence-corrected chi connectivity index (χ2v) is 6.59. The molecule has 0 saturated heterocycles. The number of nitrogens with one attached hydrogen (secondary N) is 1. The summed E-state index contributed by atoms with van der Waals surface area (Å²) in [5, 5.41) is 13.6. The molecule has 1 aliphatic rings. The summed E-state index contributed by atoms with van der Waals surface area (Å²) in [6.45, 7) is 1.30. The average Bonchev–Trinajstić information content (AvgIpc) is 3.14. The van der Waals surface area contributed by atoms with Crippen LogP contribution in [0.25, 0.3) is 17.0 Å². The van der Waals surface area contributed by atoms with Crippen molar-refractivity contribution in [3.63, 3.8) is 0 Å². The molecule has 3 aromatic rings. The summed E-state index contributed by atoms with van der Waals surface area (Å²) >= 11 is 6.12. The molecule has 28 heavy (non-hydrogen) atoms. The topological polar surface area (TPSA) is 93.6 Å². The van der Waals surface area contributed by atoms with Crippen molar-refractivity contribution in [2.75, 3.05) is 6.79 Å². The number of ether oxygens (including phenoxy) is 2. The second kappa shape index (κ2) is 7.84. The highest BCUT2D eigenvalue weighted by Gasteiger charge is 2.13. The van der Waals surface area contributed by atoms with E-state index < -0.39 is 5.97 Å². The van der Waals surface area contributed by atoms with Gasteiger partial charge in [0.1, 0.15) is 0 Å². The Morgan fingerprint density at radius 2 is 2.00 bits per heavy atom. The van der Waals surface area contributed by atoms with Crippen LogP contribution in [0.5, 0.6) is 11.5 Å². The van der Waals surface area contributed by atoms with Gasteiger partial charge in [-0.25, -0.2) is 14.8 Å². The number of aromatic nitrogens is 2. The Kier molecular flexibility index (Phi) is 5.10. The van der Waals surface area contributed by atoms with Crippen LogP contribution in [0.4, 0.5) is 0 Å². The van der Waals surface area contributed by atoms with Gasteiger partial charge >= 0.3 is 5.97 Å². The first-order valence-corrected chi connectivity index (χ1v) is 8.93. The maximum atomic E-state index is 10.8. The van der Waals surface area contributed by atoms with Crippen LogP contribution in [0.15, 0.2) is 42.5 Å². The van der Waals surface area contributed by atoms with Gasteiger partial charge < -0.3 is 19.9 Å². The summed E-state index contributed by atoms with van der Waals surface area (Å²) in [6.07, 6.45) is 2.39. The lowest BCUT2D eigenvalue weighted by Gasteiger charge is -2.09. The predicted molar refractivity (Wildman–Crippen MR) is 104 cm³/mol. The number of carbonyl (C=O) groups is 1. The molecule has 0 bridgehead atoms. The Balaban J connectivity index is 1.56. The molecule has 0 radical (unpaired) electrons. The van der Waals surface area contributed by atoms with Gasteiger partial charge in [0.25, 0.3) is 0 Å². The van der Waals surface area contributed by atoms with E-state index in [1.54, 1.807) is 18.2 Å². The van der Waals surface area contributed by atoms with Gasteiger partial charge in [0, 0.05) is 29.6 Å². The molecule has 7 nitrogen and oxygen atoms in total. The Bertz CT molecular complexity index is 1080. The molecule has 1 aromatic heterocycles. The lowest BCUT2D eigenvalue weighted by Crippen LogP contribution is -2.15. The zero-order valence-electron chi connectivity index (χ0n) is 14.7. The summed E-state index contributed by atoms with van der Waals surface area (Å²) in [7, 11) is 0. The second-order valence-electron chi connectivity index (χ2n) is 6.15. The number of carboxylic acid groups (broad SMARTS) is 1. The van der Waals surface area contributed by atoms with E-state index in [9.17, 15) is 4.79 Å². The summed E-state index contributed by atoms with van der Waals surface area (Å²) in [5.41, 5.74) is 2.48. The normalized spacial score (nSPS) is 12.8. The van der Waals surface area contributed by atoms with Crippen LogP contribution in [0.2, 0.25) is 5.02 Å². The Labute approximate surface area is 165 Å². The molecule has 0 aliphatic carbocycles. The SMILES string of the molecule is O=C(O)C=Cc1nc(CNCc2ccc3c(c2)OCO3)c2cc(Cl)ccc2n1. The number of fused-ring (bicyclic) bond motifs is 2. The highest BCUT2D eigenvalue weighted by Crippen LogP contribution is 2.32. The zero-order chi connectivity index (χ0) is 19.5. The summed E-state index contributed by atoms with van der Waals surface area (Å²) in [5.74, 6) is 0.758. The lowest BCUT2D eigenvalue weighted by molar-refractivity contribution is -0.131. The Morgan fingerprint density at radius 3 is 2.86 bits per heavy atom. The minimum absolute atomic E-state index is 0.243. The molecule has 2 aromatic carbocycles. The standard InChI is InChI=1S/C20H16ClN3O4/c21-13-2-3-15-14(8-13)16(24-19(23-15)5-6-20(25)26)10-22-9-12-1-4-17-18(7-12)28-11-27-17/h1-8,22H,9-11H2,(H,25,26). The molecule has 2 N–H and O–H groups in total. The molecule has 0 spiro atoms. The van der Waals surface area contributed by atoms with Gasteiger partial charge in [0.15, 0.2) is 17.3 Å². The first-order valence-electron chi connectivity index (χ1n) is 8.55. The quantitative estimate of drug-likeness (QED) is 0.615. The predicted octanol–water partition coefficient (Wildman–Crippen LogP) is 3.40. The number of hydrogen-bond acceptors (Lipinski definition) is 6. The minimum atomic E-state index is -1.05. The maximum absolute atomic E-state index is 10.8. The highest BCUT2D eigenvalue weighted by molar-refractivity contribution is 6.31. The van der Waals surface area contributed by atoms with Crippen LogP contribution in [0.1, 0.15) is 17.1 Å². The Hall–Kier alpha value is -3.16. The number of rotatable bonds is 6. The van der Waals surface area contributed by atoms with Crippen molar-refractivity contribution in [2.45, 2.75) is 13.1 Å². The van der Waals surface area contributed by atoms with E-state index in [1.807, 2.05) is 18.2 Å². The number of benzene rings is 2. The van der Waals surface area contributed by atoms with Crippen LogP contribution in [-0.2, 0) is 17.9 Å². The van der Waals surface area contributed by atoms with Crippen LogP contribution in [-0.4, -0.2) is 27.8 Å². The molecule has 0 saturated carbocycles. The maximum Gasteiger partial charge on any atom is 0.328 e.